The molecular weight excluding hydrogens is 335 g/mol. The van der Waals surface area contributed by atoms with Crippen LogP contribution < -0.4 is 4.90 Å². The van der Waals surface area contributed by atoms with Crippen molar-refractivity contribution in [1.82, 2.24) is 14.4 Å². The highest BCUT2D eigenvalue weighted by molar-refractivity contribution is 5.74. The maximum atomic E-state index is 13.4. The van der Waals surface area contributed by atoms with Crippen molar-refractivity contribution in [2.45, 2.75) is 13.0 Å². The molecule has 7 heteroatoms. The maximum Gasteiger partial charge on any atom is 0.298 e. The molecule has 1 aromatic carbocycles. The molecule has 26 heavy (non-hydrogen) atoms. The van der Waals surface area contributed by atoms with Crippen molar-refractivity contribution in [2.75, 3.05) is 24.6 Å². The summed E-state index contributed by atoms with van der Waals surface area (Å²) in [5.74, 6) is -0.322. The van der Waals surface area contributed by atoms with E-state index < -0.39 is 0 Å². The molecule has 0 bridgehead atoms. The van der Waals surface area contributed by atoms with Gasteiger partial charge in [-0.15, -0.1) is 0 Å². The van der Waals surface area contributed by atoms with Crippen LogP contribution in [0.3, 0.4) is 0 Å². The number of ether oxygens (including phenoxy) is 1. The Hall–Kier alpha value is -2.93. The third-order valence-electron chi connectivity index (χ3n) is 4.72. The minimum Gasteiger partial charge on any atom is -0.423 e. The van der Waals surface area contributed by atoms with Gasteiger partial charge in [-0.3, -0.25) is 0 Å². The molecule has 132 valence electrons. The summed E-state index contributed by atoms with van der Waals surface area (Å²) in [7, 11) is 0. The lowest BCUT2D eigenvalue weighted by Gasteiger charge is -2.30. The first-order chi connectivity index (χ1) is 12.7. The average Bonchev–Trinajstić information content (AvgIpc) is 3.26. The van der Waals surface area contributed by atoms with Gasteiger partial charge < -0.3 is 18.5 Å². The van der Waals surface area contributed by atoms with Crippen LogP contribution in [0.4, 0.5) is 10.4 Å². The van der Waals surface area contributed by atoms with Gasteiger partial charge in [0.25, 0.3) is 6.01 Å². The first-order valence-electron chi connectivity index (χ1n) is 8.55. The third-order valence-corrected chi connectivity index (χ3v) is 4.72. The van der Waals surface area contributed by atoms with E-state index in [4.69, 9.17) is 14.1 Å². The fourth-order valence-corrected chi connectivity index (χ4v) is 3.35. The predicted molar refractivity (Wildman–Crippen MR) is 94.8 cm³/mol. The predicted octanol–water partition coefficient (Wildman–Crippen LogP) is 3.50. The van der Waals surface area contributed by atoms with Gasteiger partial charge in [-0.25, -0.2) is 9.37 Å². The third kappa shape index (κ3) is 2.52. The van der Waals surface area contributed by atoms with E-state index in [0.717, 1.165) is 17.0 Å². The number of aromatic nitrogens is 3. The maximum absolute atomic E-state index is 13.4. The summed E-state index contributed by atoms with van der Waals surface area (Å²) in [4.78, 5) is 11.1. The Bertz CT molecular complexity index is 1100. The summed E-state index contributed by atoms with van der Waals surface area (Å²) < 4.78 is 27.2. The number of rotatable bonds is 2. The van der Waals surface area contributed by atoms with Crippen LogP contribution in [0, 0.1) is 12.7 Å². The van der Waals surface area contributed by atoms with Crippen molar-refractivity contribution in [2.24, 2.45) is 0 Å². The van der Waals surface area contributed by atoms with Crippen molar-refractivity contribution in [1.29, 1.82) is 0 Å². The smallest absolute Gasteiger partial charge is 0.298 e. The van der Waals surface area contributed by atoms with E-state index in [-0.39, 0.29) is 11.9 Å². The molecule has 0 radical (unpaired) electrons. The van der Waals surface area contributed by atoms with Crippen LogP contribution in [0.1, 0.15) is 17.5 Å². The number of benzene rings is 1. The Morgan fingerprint density at radius 3 is 3.00 bits per heavy atom. The molecule has 4 aromatic rings. The number of anilines is 1. The monoisotopic (exact) mass is 352 g/mol. The molecule has 1 aliphatic heterocycles. The first kappa shape index (κ1) is 15.3. The fourth-order valence-electron chi connectivity index (χ4n) is 3.35. The Balaban J connectivity index is 1.45. The van der Waals surface area contributed by atoms with Crippen molar-refractivity contribution < 1.29 is 13.5 Å². The molecule has 1 fully saturated rings. The highest BCUT2D eigenvalue weighted by atomic mass is 19.1. The minimum atomic E-state index is -0.322. The number of aryl methyl sites for hydroxylation is 1. The number of fused-ring (bicyclic) bond motifs is 2. The number of imidazole rings is 1. The van der Waals surface area contributed by atoms with Gasteiger partial charge in [0.15, 0.2) is 5.58 Å². The molecule has 0 aliphatic carbocycles. The van der Waals surface area contributed by atoms with Gasteiger partial charge in [0, 0.05) is 24.5 Å². The Morgan fingerprint density at radius 1 is 1.19 bits per heavy atom. The topological polar surface area (TPSA) is 55.8 Å². The van der Waals surface area contributed by atoms with E-state index in [9.17, 15) is 4.39 Å². The lowest BCUT2D eigenvalue weighted by atomic mass is 10.2. The van der Waals surface area contributed by atoms with Gasteiger partial charge in [-0.1, -0.05) is 6.07 Å². The number of hydrogen-bond acceptors (Lipinski definition) is 5. The van der Waals surface area contributed by atoms with E-state index in [2.05, 4.69) is 9.38 Å². The van der Waals surface area contributed by atoms with E-state index in [1.165, 1.54) is 12.1 Å². The summed E-state index contributed by atoms with van der Waals surface area (Å²) in [5, 5.41) is 0. The molecule has 1 aliphatic rings. The van der Waals surface area contributed by atoms with Crippen LogP contribution in [0.25, 0.3) is 16.7 Å². The molecule has 0 saturated carbocycles. The second-order valence-electron chi connectivity index (χ2n) is 6.48. The zero-order valence-corrected chi connectivity index (χ0v) is 14.2. The Kier molecular flexibility index (Phi) is 3.43. The quantitative estimate of drug-likeness (QED) is 0.553. The molecule has 1 atom stereocenters. The molecular formula is C19H17FN4O2. The summed E-state index contributed by atoms with van der Waals surface area (Å²) in [6, 6.07) is 10.9. The summed E-state index contributed by atoms with van der Waals surface area (Å²) in [5.41, 5.74) is 4.00. The second kappa shape index (κ2) is 5.81. The Labute approximate surface area is 148 Å². The van der Waals surface area contributed by atoms with E-state index in [0.29, 0.717) is 36.8 Å². The van der Waals surface area contributed by atoms with Crippen LogP contribution in [0.15, 0.2) is 47.0 Å². The number of halogens is 1. The SMILES string of the molecule is Cc1cccc2nc(C3CN(c4nc5cc(F)ccc5o4)CCO3)cn12. The van der Waals surface area contributed by atoms with Crippen molar-refractivity contribution in [3.05, 3.63) is 59.8 Å². The number of pyridine rings is 1. The first-order valence-corrected chi connectivity index (χ1v) is 8.55. The van der Waals surface area contributed by atoms with Crippen LogP contribution in [0.5, 0.6) is 0 Å². The van der Waals surface area contributed by atoms with Gasteiger partial charge in [0.1, 0.15) is 23.1 Å². The molecule has 0 amide bonds. The van der Waals surface area contributed by atoms with E-state index in [1.54, 1.807) is 6.07 Å². The summed E-state index contributed by atoms with van der Waals surface area (Å²) >= 11 is 0. The molecule has 3 aromatic heterocycles. The summed E-state index contributed by atoms with van der Waals surface area (Å²) in [6.45, 7) is 3.84. The standard InChI is InChI=1S/C19H17FN4O2/c1-12-3-2-4-18-21-15(10-24(12)18)17-11-23(7-8-25-17)19-22-14-9-13(20)5-6-16(14)26-19/h2-6,9-10,17H,7-8,11H2,1H3. The normalized spacial score (nSPS) is 18.1. The molecule has 0 spiro atoms. The van der Waals surface area contributed by atoms with Crippen LogP contribution in [0.2, 0.25) is 0 Å². The van der Waals surface area contributed by atoms with Crippen molar-refractivity contribution in [3.63, 3.8) is 0 Å². The lowest BCUT2D eigenvalue weighted by molar-refractivity contribution is 0.0357. The van der Waals surface area contributed by atoms with Gasteiger partial charge >= 0.3 is 0 Å². The highest BCUT2D eigenvalue weighted by Gasteiger charge is 2.27. The van der Waals surface area contributed by atoms with Crippen molar-refractivity contribution >= 4 is 22.8 Å². The molecule has 5 rings (SSSR count). The number of oxazole rings is 1. The van der Waals surface area contributed by atoms with Gasteiger partial charge in [-0.05, 0) is 31.2 Å². The number of nitrogens with zero attached hydrogens (tertiary/aromatic N) is 4. The number of morpholine rings is 1. The lowest BCUT2D eigenvalue weighted by Crippen LogP contribution is -2.38. The molecule has 1 saturated heterocycles. The zero-order chi connectivity index (χ0) is 17.7. The van der Waals surface area contributed by atoms with Gasteiger partial charge in [0.05, 0.1) is 18.8 Å². The molecule has 4 heterocycles. The van der Waals surface area contributed by atoms with Gasteiger partial charge in [0.2, 0.25) is 0 Å². The Morgan fingerprint density at radius 2 is 2.12 bits per heavy atom. The van der Waals surface area contributed by atoms with Crippen molar-refractivity contribution in [3.8, 4) is 0 Å². The van der Waals surface area contributed by atoms with E-state index in [1.807, 2.05) is 36.2 Å². The van der Waals surface area contributed by atoms with Gasteiger partial charge in [-0.2, -0.15) is 4.98 Å². The van der Waals surface area contributed by atoms with Crippen LogP contribution >= 0.6 is 0 Å². The largest absolute Gasteiger partial charge is 0.423 e. The fraction of sp³-hybridized carbons (Fsp3) is 0.263. The zero-order valence-electron chi connectivity index (χ0n) is 14.2. The van der Waals surface area contributed by atoms with Crippen LogP contribution in [-0.2, 0) is 4.74 Å². The minimum absolute atomic E-state index is 0.171. The van der Waals surface area contributed by atoms with Crippen LogP contribution in [-0.4, -0.2) is 34.1 Å². The molecule has 1 unspecified atom stereocenters. The summed E-state index contributed by atoms with van der Waals surface area (Å²) in [6.07, 6.45) is 1.84. The highest BCUT2D eigenvalue weighted by Crippen LogP contribution is 2.28. The molecule has 0 N–H and O–H groups in total. The average molecular weight is 352 g/mol. The molecule has 6 nitrogen and oxygen atoms in total. The second-order valence-corrected chi connectivity index (χ2v) is 6.48. The van der Waals surface area contributed by atoms with E-state index >= 15 is 0 Å². The number of hydrogen-bond donors (Lipinski definition) is 0.